The van der Waals surface area contributed by atoms with Gasteiger partial charge in [-0.05, 0) is 12.8 Å². The Bertz CT molecular complexity index is 323. The lowest BCUT2D eigenvalue weighted by Gasteiger charge is -2.34. The van der Waals surface area contributed by atoms with Crippen LogP contribution in [0.4, 0.5) is 0 Å². The van der Waals surface area contributed by atoms with Crippen molar-refractivity contribution in [3.05, 3.63) is 0 Å². The second-order valence-electron chi connectivity index (χ2n) is 5.21. The van der Waals surface area contributed by atoms with Crippen molar-refractivity contribution < 1.29 is 14.3 Å². The highest BCUT2D eigenvalue weighted by Gasteiger charge is 2.23. The maximum Gasteiger partial charge on any atom is 0.319 e. The number of piperazine rings is 1. The number of ether oxygens (including phenoxy) is 1. The third-order valence-electron chi connectivity index (χ3n) is 3.65. The average molecular weight is 269 g/mol. The fourth-order valence-electron chi connectivity index (χ4n) is 2.23. The summed E-state index contributed by atoms with van der Waals surface area (Å²) in [5.74, 6) is -0.000669. The minimum absolute atomic E-state index is 0.214. The molecular formula is C13H23N3O3. The molecule has 2 aliphatic rings. The molecule has 0 radical (unpaired) electrons. The Kier molecular flexibility index (Phi) is 5.15. The first-order chi connectivity index (χ1) is 9.19. The Morgan fingerprint density at radius 2 is 1.89 bits per heavy atom. The van der Waals surface area contributed by atoms with Gasteiger partial charge in [-0.2, -0.15) is 0 Å². The second-order valence-corrected chi connectivity index (χ2v) is 5.21. The molecule has 0 aromatic heterocycles. The van der Waals surface area contributed by atoms with Crippen molar-refractivity contribution in [2.24, 2.45) is 0 Å². The van der Waals surface area contributed by atoms with E-state index in [-0.39, 0.29) is 11.9 Å². The fraction of sp³-hybridized carbons (Fsp3) is 0.846. The fourth-order valence-corrected chi connectivity index (χ4v) is 2.23. The molecule has 0 atom stereocenters. The predicted molar refractivity (Wildman–Crippen MR) is 70.7 cm³/mol. The normalized spacial score (nSPS) is 20.4. The molecule has 0 spiro atoms. The van der Waals surface area contributed by atoms with Gasteiger partial charge in [0, 0.05) is 45.2 Å². The largest absolute Gasteiger partial charge is 0.468 e. The van der Waals surface area contributed by atoms with Crippen LogP contribution in [0.5, 0.6) is 0 Å². The van der Waals surface area contributed by atoms with E-state index in [1.165, 1.54) is 20.0 Å². The zero-order chi connectivity index (χ0) is 13.7. The van der Waals surface area contributed by atoms with E-state index in [1.807, 2.05) is 9.80 Å². The third-order valence-corrected chi connectivity index (χ3v) is 3.65. The van der Waals surface area contributed by atoms with Crippen LogP contribution in [-0.4, -0.2) is 74.1 Å². The smallest absolute Gasteiger partial charge is 0.319 e. The Morgan fingerprint density at radius 1 is 1.21 bits per heavy atom. The number of nitrogens with one attached hydrogen (secondary N) is 1. The summed E-state index contributed by atoms with van der Waals surface area (Å²) >= 11 is 0. The second kappa shape index (κ2) is 6.86. The van der Waals surface area contributed by atoms with Gasteiger partial charge in [-0.1, -0.05) is 0 Å². The number of hydrogen-bond acceptors (Lipinski definition) is 5. The van der Waals surface area contributed by atoms with E-state index in [0.29, 0.717) is 32.1 Å². The molecule has 1 saturated heterocycles. The van der Waals surface area contributed by atoms with Crippen LogP contribution in [0.2, 0.25) is 0 Å². The van der Waals surface area contributed by atoms with Gasteiger partial charge in [-0.25, -0.2) is 0 Å². The lowest BCUT2D eigenvalue weighted by Crippen LogP contribution is -2.50. The van der Waals surface area contributed by atoms with Crippen LogP contribution in [0.25, 0.3) is 0 Å². The molecule has 1 N–H and O–H groups in total. The first kappa shape index (κ1) is 14.3. The van der Waals surface area contributed by atoms with Gasteiger partial charge in [0.05, 0.1) is 13.7 Å². The van der Waals surface area contributed by atoms with Gasteiger partial charge in [0.1, 0.15) is 0 Å². The number of esters is 1. The van der Waals surface area contributed by atoms with E-state index in [2.05, 4.69) is 10.1 Å². The number of rotatable bonds is 6. The highest BCUT2D eigenvalue weighted by atomic mass is 16.5. The van der Waals surface area contributed by atoms with Crippen molar-refractivity contribution in [2.45, 2.75) is 25.3 Å². The van der Waals surface area contributed by atoms with Crippen molar-refractivity contribution in [1.82, 2.24) is 15.1 Å². The van der Waals surface area contributed by atoms with Gasteiger partial charge in [0.2, 0.25) is 5.91 Å². The highest BCUT2D eigenvalue weighted by molar-refractivity contribution is 5.76. The molecule has 2 fully saturated rings. The number of carbonyl (C=O) groups excluding carboxylic acids is 2. The van der Waals surface area contributed by atoms with Gasteiger partial charge in [-0.15, -0.1) is 0 Å². The maximum atomic E-state index is 12.0. The maximum absolute atomic E-state index is 12.0. The average Bonchev–Trinajstić information content (AvgIpc) is 3.23. The first-order valence-electron chi connectivity index (χ1n) is 6.99. The summed E-state index contributed by atoms with van der Waals surface area (Å²) < 4.78 is 4.64. The first-order valence-corrected chi connectivity index (χ1v) is 6.99. The summed E-state index contributed by atoms with van der Waals surface area (Å²) in [5, 5.41) is 3.35. The summed E-state index contributed by atoms with van der Waals surface area (Å²) in [6.45, 7) is 4.01. The minimum atomic E-state index is -0.214. The molecule has 0 bridgehead atoms. The van der Waals surface area contributed by atoms with E-state index in [9.17, 15) is 9.59 Å². The molecular weight excluding hydrogens is 246 g/mol. The lowest BCUT2D eigenvalue weighted by molar-refractivity contribution is -0.142. The van der Waals surface area contributed by atoms with E-state index in [0.717, 1.165) is 19.6 Å². The minimum Gasteiger partial charge on any atom is -0.468 e. The molecule has 6 heteroatoms. The molecule has 19 heavy (non-hydrogen) atoms. The lowest BCUT2D eigenvalue weighted by atomic mass is 10.2. The monoisotopic (exact) mass is 269 g/mol. The summed E-state index contributed by atoms with van der Waals surface area (Å²) in [4.78, 5) is 27.0. The molecule has 0 aromatic carbocycles. The van der Waals surface area contributed by atoms with Crippen molar-refractivity contribution in [3.63, 3.8) is 0 Å². The zero-order valence-corrected chi connectivity index (χ0v) is 11.6. The molecule has 1 amide bonds. The summed E-state index contributed by atoms with van der Waals surface area (Å²) in [6.07, 6.45) is 3.08. The van der Waals surface area contributed by atoms with E-state index >= 15 is 0 Å². The summed E-state index contributed by atoms with van der Waals surface area (Å²) in [7, 11) is 1.40. The number of carbonyl (C=O) groups is 2. The Hall–Kier alpha value is -1.14. The molecule has 6 nitrogen and oxygen atoms in total. The van der Waals surface area contributed by atoms with E-state index in [1.54, 1.807) is 0 Å². The van der Waals surface area contributed by atoms with Gasteiger partial charge in [0.15, 0.2) is 0 Å². The molecule has 2 rings (SSSR count). The number of hydrogen-bond donors (Lipinski definition) is 1. The molecule has 1 saturated carbocycles. The summed E-state index contributed by atoms with van der Waals surface area (Å²) in [5.41, 5.74) is 0. The molecule has 0 aromatic rings. The van der Waals surface area contributed by atoms with Crippen molar-refractivity contribution in [3.8, 4) is 0 Å². The van der Waals surface area contributed by atoms with Crippen molar-refractivity contribution >= 4 is 11.9 Å². The molecule has 1 aliphatic heterocycles. The van der Waals surface area contributed by atoms with Crippen molar-refractivity contribution in [2.75, 3.05) is 46.4 Å². The van der Waals surface area contributed by atoms with Crippen LogP contribution in [0, 0.1) is 0 Å². The van der Waals surface area contributed by atoms with Crippen LogP contribution in [0.15, 0.2) is 0 Å². The van der Waals surface area contributed by atoms with Crippen LogP contribution < -0.4 is 5.32 Å². The Morgan fingerprint density at radius 3 is 2.47 bits per heavy atom. The number of nitrogens with zero attached hydrogens (tertiary/aromatic N) is 2. The number of methoxy groups -OCH3 is 1. The summed E-state index contributed by atoms with van der Waals surface area (Å²) in [6, 6.07) is 0.657. The van der Waals surface area contributed by atoms with Gasteiger partial charge >= 0.3 is 5.97 Å². The SMILES string of the molecule is COC(=O)CN1CCN(C(=O)CCNC2CC2)CC1. The zero-order valence-electron chi connectivity index (χ0n) is 11.6. The van der Waals surface area contributed by atoms with E-state index < -0.39 is 0 Å². The van der Waals surface area contributed by atoms with Crippen molar-refractivity contribution in [1.29, 1.82) is 0 Å². The van der Waals surface area contributed by atoms with Crippen LogP contribution >= 0.6 is 0 Å². The van der Waals surface area contributed by atoms with Gasteiger partial charge in [0.25, 0.3) is 0 Å². The van der Waals surface area contributed by atoms with Crippen LogP contribution in [-0.2, 0) is 14.3 Å². The van der Waals surface area contributed by atoms with Crippen LogP contribution in [0.3, 0.4) is 0 Å². The molecule has 108 valence electrons. The van der Waals surface area contributed by atoms with Gasteiger partial charge in [-0.3, -0.25) is 14.5 Å². The molecule has 1 heterocycles. The highest BCUT2D eigenvalue weighted by Crippen LogP contribution is 2.18. The molecule has 1 aliphatic carbocycles. The van der Waals surface area contributed by atoms with E-state index in [4.69, 9.17) is 0 Å². The van der Waals surface area contributed by atoms with Crippen LogP contribution in [0.1, 0.15) is 19.3 Å². The number of amides is 1. The predicted octanol–water partition coefficient (Wildman–Crippen LogP) is -0.554. The Balaban J connectivity index is 1.61. The third kappa shape index (κ3) is 4.80. The standard InChI is InChI=1S/C13H23N3O3/c1-19-13(18)10-15-6-8-16(9-7-15)12(17)4-5-14-11-2-3-11/h11,14H,2-10H2,1H3. The molecule has 0 unspecified atom stereocenters. The Labute approximate surface area is 114 Å². The quantitative estimate of drug-likeness (QED) is 0.655. The topological polar surface area (TPSA) is 61.9 Å². The van der Waals surface area contributed by atoms with Gasteiger partial charge < -0.3 is 15.0 Å².